The molecule has 2 aliphatic rings. The van der Waals surface area contributed by atoms with Gasteiger partial charge in [0.25, 0.3) is 0 Å². The van der Waals surface area contributed by atoms with Crippen LogP contribution in [0.4, 0.5) is 0 Å². The minimum atomic E-state index is -2.91. The summed E-state index contributed by atoms with van der Waals surface area (Å²) < 4.78 is 29.4. The van der Waals surface area contributed by atoms with Crippen molar-refractivity contribution in [2.45, 2.75) is 31.4 Å². The second-order valence-corrected chi connectivity index (χ2v) is 10.3. The van der Waals surface area contributed by atoms with E-state index in [1.165, 1.54) is 0 Å². The molecule has 1 N–H and O–H groups in total. The van der Waals surface area contributed by atoms with Gasteiger partial charge in [0, 0.05) is 37.2 Å². The Labute approximate surface area is 177 Å². The molecule has 8 heteroatoms. The lowest BCUT2D eigenvalue weighted by atomic mass is 10.0. The molecule has 0 bridgehead atoms. The zero-order valence-corrected chi connectivity index (χ0v) is 17.9. The lowest BCUT2D eigenvalue weighted by Crippen LogP contribution is -2.38. The number of fused-ring (bicyclic) bond motifs is 1. The molecular weight excluding hydrogens is 402 g/mol. The first-order chi connectivity index (χ1) is 14.4. The monoisotopic (exact) mass is 429 g/mol. The van der Waals surface area contributed by atoms with Crippen LogP contribution in [-0.2, 0) is 21.1 Å². The van der Waals surface area contributed by atoms with Gasteiger partial charge in [-0.05, 0) is 37.2 Å². The Morgan fingerprint density at radius 3 is 2.87 bits per heavy atom. The average Bonchev–Trinajstić information content (AvgIpc) is 3.33. The topological polar surface area (TPSA) is 88.6 Å². The standard InChI is InChI=1S/C22H27N3O4S/c1-25(17-9-12-30(27,28)15-17)11-8-21(26)24-14-18-13-16-5-4-6-19(22(16)29-18)20-7-2-3-10-23-20/h2-7,10,17-18H,8-9,11-15H2,1H3,(H,24,26)/t17-,18-/m0/s1. The van der Waals surface area contributed by atoms with Crippen LogP contribution in [0.25, 0.3) is 11.3 Å². The number of hydrogen-bond acceptors (Lipinski definition) is 6. The molecular formula is C22H27N3O4S. The van der Waals surface area contributed by atoms with Gasteiger partial charge < -0.3 is 15.0 Å². The van der Waals surface area contributed by atoms with Crippen LogP contribution in [0.1, 0.15) is 18.4 Å². The number of rotatable bonds is 7. The molecule has 0 spiro atoms. The smallest absolute Gasteiger partial charge is 0.221 e. The van der Waals surface area contributed by atoms with E-state index in [1.54, 1.807) is 6.20 Å². The van der Waals surface area contributed by atoms with Gasteiger partial charge in [-0.2, -0.15) is 0 Å². The van der Waals surface area contributed by atoms with Crippen LogP contribution in [0.3, 0.4) is 0 Å². The van der Waals surface area contributed by atoms with Gasteiger partial charge in [0.05, 0.1) is 23.7 Å². The summed E-state index contributed by atoms with van der Waals surface area (Å²) >= 11 is 0. The van der Waals surface area contributed by atoms with Gasteiger partial charge in [0.15, 0.2) is 9.84 Å². The molecule has 1 fully saturated rings. The van der Waals surface area contributed by atoms with Crippen LogP contribution in [0, 0.1) is 0 Å². The molecule has 1 aromatic heterocycles. The third-order valence-corrected chi connectivity index (χ3v) is 7.57. The molecule has 0 saturated carbocycles. The summed E-state index contributed by atoms with van der Waals surface area (Å²) in [6, 6.07) is 11.9. The van der Waals surface area contributed by atoms with Gasteiger partial charge in [-0.1, -0.05) is 18.2 Å². The molecule has 2 atom stereocenters. The molecule has 0 radical (unpaired) electrons. The SMILES string of the molecule is CN(CCC(=O)NC[C@@H]1Cc2cccc(-c3ccccn3)c2O1)[C@H]1CCS(=O)(=O)C1. The van der Waals surface area contributed by atoms with Gasteiger partial charge in [-0.3, -0.25) is 9.78 Å². The summed E-state index contributed by atoms with van der Waals surface area (Å²) in [6.07, 6.45) is 3.39. The maximum absolute atomic E-state index is 12.3. The molecule has 30 heavy (non-hydrogen) atoms. The minimum absolute atomic E-state index is 0.0143. The number of pyridine rings is 1. The quantitative estimate of drug-likeness (QED) is 0.720. The molecule has 1 saturated heterocycles. The Balaban J connectivity index is 1.26. The van der Waals surface area contributed by atoms with Gasteiger partial charge >= 0.3 is 0 Å². The van der Waals surface area contributed by atoms with Crippen molar-refractivity contribution in [3.8, 4) is 17.0 Å². The van der Waals surface area contributed by atoms with E-state index in [-0.39, 0.29) is 29.6 Å². The maximum atomic E-state index is 12.3. The van der Waals surface area contributed by atoms with E-state index in [4.69, 9.17) is 4.74 Å². The molecule has 2 aliphatic heterocycles. The van der Waals surface area contributed by atoms with E-state index in [2.05, 4.69) is 10.3 Å². The molecule has 0 aliphatic carbocycles. The van der Waals surface area contributed by atoms with Crippen molar-refractivity contribution in [3.05, 3.63) is 48.2 Å². The average molecular weight is 430 g/mol. The Kier molecular flexibility index (Phi) is 6.06. The van der Waals surface area contributed by atoms with Crippen LogP contribution >= 0.6 is 0 Å². The third kappa shape index (κ3) is 4.82. The van der Waals surface area contributed by atoms with Crippen LogP contribution < -0.4 is 10.1 Å². The Morgan fingerprint density at radius 1 is 1.27 bits per heavy atom. The molecule has 3 heterocycles. The zero-order valence-electron chi connectivity index (χ0n) is 17.1. The Morgan fingerprint density at radius 2 is 2.13 bits per heavy atom. The fraction of sp³-hybridized carbons (Fsp3) is 0.455. The zero-order chi connectivity index (χ0) is 21.1. The summed E-state index contributed by atoms with van der Waals surface area (Å²) in [5.41, 5.74) is 2.96. The van der Waals surface area contributed by atoms with Gasteiger partial charge in [0.2, 0.25) is 5.91 Å². The lowest BCUT2D eigenvalue weighted by molar-refractivity contribution is -0.121. The first-order valence-corrected chi connectivity index (χ1v) is 12.1. The molecule has 1 amide bonds. The van der Waals surface area contributed by atoms with Crippen LogP contribution in [0.2, 0.25) is 0 Å². The number of benzene rings is 1. The summed E-state index contributed by atoms with van der Waals surface area (Å²) in [5.74, 6) is 1.23. The normalized spacial score (nSPS) is 21.9. The summed E-state index contributed by atoms with van der Waals surface area (Å²) in [6.45, 7) is 0.984. The van der Waals surface area contributed by atoms with Crippen molar-refractivity contribution in [2.24, 2.45) is 0 Å². The van der Waals surface area contributed by atoms with E-state index in [0.29, 0.717) is 25.9 Å². The van der Waals surface area contributed by atoms with Crippen LogP contribution in [0.15, 0.2) is 42.6 Å². The molecule has 2 aromatic rings. The summed E-state index contributed by atoms with van der Waals surface area (Å²) in [7, 11) is -1.03. The van der Waals surface area contributed by atoms with Crippen LogP contribution in [0.5, 0.6) is 5.75 Å². The van der Waals surface area contributed by atoms with E-state index >= 15 is 0 Å². The minimum Gasteiger partial charge on any atom is -0.487 e. The lowest BCUT2D eigenvalue weighted by Gasteiger charge is -2.22. The highest BCUT2D eigenvalue weighted by Crippen LogP contribution is 2.37. The largest absolute Gasteiger partial charge is 0.487 e. The van der Waals surface area contributed by atoms with Crippen molar-refractivity contribution in [1.29, 1.82) is 0 Å². The van der Waals surface area contributed by atoms with E-state index < -0.39 is 9.84 Å². The number of aromatic nitrogens is 1. The molecule has 4 rings (SSSR count). The first kappa shape index (κ1) is 20.8. The predicted octanol–water partition coefficient (Wildman–Crippen LogP) is 1.68. The fourth-order valence-electron chi connectivity index (χ4n) is 4.08. The number of nitrogens with one attached hydrogen (secondary N) is 1. The number of sulfone groups is 1. The van der Waals surface area contributed by atoms with Crippen molar-refractivity contribution in [2.75, 3.05) is 31.6 Å². The summed E-state index contributed by atoms with van der Waals surface area (Å²) in [4.78, 5) is 18.7. The molecule has 0 unspecified atom stereocenters. The number of nitrogens with zero attached hydrogens (tertiary/aromatic N) is 2. The second kappa shape index (κ2) is 8.73. The van der Waals surface area contributed by atoms with E-state index in [0.717, 1.165) is 29.0 Å². The second-order valence-electron chi connectivity index (χ2n) is 8.04. The van der Waals surface area contributed by atoms with Gasteiger partial charge in [-0.25, -0.2) is 8.42 Å². The highest BCUT2D eigenvalue weighted by molar-refractivity contribution is 7.91. The number of para-hydroxylation sites is 1. The fourth-order valence-corrected chi connectivity index (χ4v) is 5.88. The number of amides is 1. The highest BCUT2D eigenvalue weighted by atomic mass is 32.2. The van der Waals surface area contributed by atoms with Crippen LogP contribution in [-0.4, -0.2) is 68.0 Å². The van der Waals surface area contributed by atoms with Gasteiger partial charge in [-0.15, -0.1) is 0 Å². The van der Waals surface area contributed by atoms with E-state index in [1.807, 2.05) is 48.3 Å². The summed E-state index contributed by atoms with van der Waals surface area (Å²) in [5, 5.41) is 2.96. The number of ether oxygens (including phenoxy) is 1. The van der Waals surface area contributed by atoms with Crippen molar-refractivity contribution >= 4 is 15.7 Å². The molecule has 7 nitrogen and oxygen atoms in total. The maximum Gasteiger partial charge on any atom is 0.221 e. The third-order valence-electron chi connectivity index (χ3n) is 5.82. The highest BCUT2D eigenvalue weighted by Gasteiger charge is 2.31. The Hall–Kier alpha value is -2.45. The number of carbonyl (C=O) groups excluding carboxylic acids is 1. The number of hydrogen-bond donors (Lipinski definition) is 1. The molecule has 1 aromatic carbocycles. The van der Waals surface area contributed by atoms with Gasteiger partial charge in [0.1, 0.15) is 11.9 Å². The Bertz CT molecular complexity index is 1010. The van der Waals surface area contributed by atoms with E-state index in [9.17, 15) is 13.2 Å². The number of carbonyl (C=O) groups is 1. The predicted molar refractivity (Wildman–Crippen MR) is 115 cm³/mol. The molecule has 160 valence electrons. The van der Waals surface area contributed by atoms with Crippen molar-refractivity contribution < 1.29 is 17.9 Å². The van der Waals surface area contributed by atoms with Crippen molar-refractivity contribution in [3.63, 3.8) is 0 Å². The van der Waals surface area contributed by atoms with Crippen molar-refractivity contribution in [1.82, 2.24) is 15.2 Å². The first-order valence-electron chi connectivity index (χ1n) is 10.3.